The van der Waals surface area contributed by atoms with Gasteiger partial charge in [0.15, 0.2) is 11.6 Å². The van der Waals surface area contributed by atoms with Gasteiger partial charge in [-0.2, -0.15) is 8.78 Å². The first-order valence-corrected chi connectivity index (χ1v) is 6.68. The fraction of sp³-hybridized carbons (Fsp3) is 0.133. The van der Waals surface area contributed by atoms with Gasteiger partial charge in [-0.1, -0.05) is 24.3 Å². The van der Waals surface area contributed by atoms with Crippen LogP contribution in [0.4, 0.5) is 14.5 Å². The maximum atomic E-state index is 13.3. The van der Waals surface area contributed by atoms with E-state index in [0.29, 0.717) is 5.52 Å². The molecule has 0 amide bonds. The minimum Gasteiger partial charge on any atom is -0.479 e. The van der Waals surface area contributed by atoms with Crippen LogP contribution in [0.3, 0.4) is 0 Å². The van der Waals surface area contributed by atoms with Crippen LogP contribution < -0.4 is 4.74 Å². The minimum absolute atomic E-state index is 0.000601. The molecule has 0 saturated carbocycles. The second kappa shape index (κ2) is 5.99. The third kappa shape index (κ3) is 2.83. The fourth-order valence-electron chi connectivity index (χ4n) is 2.29. The number of ether oxygens (including phenoxy) is 1. The van der Waals surface area contributed by atoms with Crippen LogP contribution in [0, 0.1) is 10.1 Å². The molecule has 0 aliphatic heterocycles. The Morgan fingerprint density at radius 2 is 1.87 bits per heavy atom. The zero-order valence-electron chi connectivity index (χ0n) is 11.7. The first-order chi connectivity index (χ1) is 11.1. The normalized spacial score (nSPS) is 11.1. The Balaban J connectivity index is 1.94. The lowest BCUT2D eigenvalue weighted by molar-refractivity contribution is -0.386. The fourth-order valence-corrected chi connectivity index (χ4v) is 2.29. The number of alkyl halides is 2. The summed E-state index contributed by atoms with van der Waals surface area (Å²) in [5.41, 5.74) is 0.463. The van der Waals surface area contributed by atoms with E-state index in [2.05, 4.69) is 4.98 Å². The molecule has 0 atom stereocenters. The topological polar surface area (TPSA) is 70.2 Å². The molecule has 3 aromatic rings. The van der Waals surface area contributed by atoms with Crippen molar-refractivity contribution in [2.24, 2.45) is 0 Å². The predicted octanol–water partition coefficient (Wildman–Crippen LogP) is 3.92. The molecule has 3 rings (SSSR count). The van der Waals surface area contributed by atoms with Gasteiger partial charge in [-0.05, 0) is 18.2 Å². The summed E-state index contributed by atoms with van der Waals surface area (Å²) in [5.74, 6) is 0.00437. The summed E-state index contributed by atoms with van der Waals surface area (Å²) < 4.78 is 32.7. The molecule has 0 aliphatic carbocycles. The molecule has 23 heavy (non-hydrogen) atoms. The van der Waals surface area contributed by atoms with E-state index in [9.17, 15) is 18.9 Å². The maximum absolute atomic E-state index is 13.3. The molecular formula is C15H11F2N3O3. The maximum Gasteiger partial charge on any atom is 0.320 e. The van der Waals surface area contributed by atoms with E-state index in [4.69, 9.17) is 4.74 Å². The molecule has 0 unspecified atom stereocenters. The molecule has 0 aliphatic rings. The van der Waals surface area contributed by atoms with Crippen LogP contribution in [0.15, 0.2) is 48.5 Å². The largest absolute Gasteiger partial charge is 0.479 e. The van der Waals surface area contributed by atoms with Crippen LogP contribution in [0.5, 0.6) is 5.75 Å². The van der Waals surface area contributed by atoms with Crippen molar-refractivity contribution in [2.45, 2.75) is 13.2 Å². The Bertz CT molecular complexity index is 864. The number of nitrogens with zero attached hydrogens (tertiary/aromatic N) is 3. The van der Waals surface area contributed by atoms with Gasteiger partial charge in [-0.3, -0.25) is 14.7 Å². The number of para-hydroxylation sites is 4. The molecular weight excluding hydrogens is 308 g/mol. The van der Waals surface area contributed by atoms with Crippen molar-refractivity contribution in [3.05, 3.63) is 64.5 Å². The second-order valence-electron chi connectivity index (χ2n) is 4.68. The summed E-state index contributed by atoms with van der Waals surface area (Å²) in [5, 5.41) is 10.9. The van der Waals surface area contributed by atoms with Gasteiger partial charge >= 0.3 is 12.2 Å². The van der Waals surface area contributed by atoms with E-state index >= 15 is 0 Å². The number of aromatic nitrogens is 2. The lowest BCUT2D eigenvalue weighted by Crippen LogP contribution is -2.08. The quantitative estimate of drug-likeness (QED) is 0.528. The Morgan fingerprint density at radius 1 is 1.17 bits per heavy atom. The summed E-state index contributed by atoms with van der Waals surface area (Å²) >= 11 is 0. The van der Waals surface area contributed by atoms with Crippen LogP contribution in [0.25, 0.3) is 11.0 Å². The molecule has 0 fully saturated rings. The lowest BCUT2D eigenvalue weighted by Gasteiger charge is -2.09. The number of hydrogen-bond acceptors (Lipinski definition) is 4. The van der Waals surface area contributed by atoms with Crippen LogP contribution in [-0.4, -0.2) is 14.5 Å². The zero-order valence-corrected chi connectivity index (χ0v) is 11.7. The van der Waals surface area contributed by atoms with Gasteiger partial charge in [0, 0.05) is 6.07 Å². The van der Waals surface area contributed by atoms with Crippen LogP contribution >= 0.6 is 0 Å². The minimum atomic E-state index is -2.79. The lowest BCUT2D eigenvalue weighted by atomic mass is 10.3. The number of nitro benzene ring substituents is 1. The number of benzene rings is 2. The summed E-state index contributed by atoms with van der Waals surface area (Å²) in [6.07, 6.45) is 0. The number of nitro groups is 1. The zero-order chi connectivity index (χ0) is 16.4. The summed E-state index contributed by atoms with van der Waals surface area (Å²) in [6.45, 7) is -3.09. The van der Waals surface area contributed by atoms with E-state index in [0.717, 1.165) is 4.57 Å². The van der Waals surface area contributed by atoms with Gasteiger partial charge in [-0.25, -0.2) is 4.98 Å². The van der Waals surface area contributed by atoms with Gasteiger partial charge < -0.3 is 4.74 Å². The molecule has 0 N–H and O–H groups in total. The number of imidazole rings is 1. The van der Waals surface area contributed by atoms with Crippen molar-refractivity contribution in [3.8, 4) is 5.75 Å². The Labute approximate surface area is 129 Å². The first-order valence-electron chi connectivity index (χ1n) is 6.68. The smallest absolute Gasteiger partial charge is 0.320 e. The molecule has 118 valence electrons. The van der Waals surface area contributed by atoms with Crippen molar-refractivity contribution >= 4 is 16.7 Å². The van der Waals surface area contributed by atoms with Crippen LogP contribution in [-0.2, 0) is 6.61 Å². The van der Waals surface area contributed by atoms with Gasteiger partial charge in [0.1, 0.15) is 6.61 Å². The summed E-state index contributed by atoms with van der Waals surface area (Å²) in [4.78, 5) is 14.5. The SMILES string of the molecule is O=[N+]([O-])c1ccccc1OCc1nc2ccccc2n1C(F)F. The second-order valence-corrected chi connectivity index (χ2v) is 4.68. The molecule has 0 bridgehead atoms. The van der Waals surface area contributed by atoms with Crippen LogP contribution in [0.1, 0.15) is 12.4 Å². The first kappa shape index (κ1) is 14.9. The molecule has 1 heterocycles. The van der Waals surface area contributed by atoms with E-state index < -0.39 is 11.5 Å². The highest BCUT2D eigenvalue weighted by Crippen LogP contribution is 2.28. The Hall–Kier alpha value is -3.03. The van der Waals surface area contributed by atoms with E-state index in [1.807, 2.05) is 0 Å². The predicted molar refractivity (Wildman–Crippen MR) is 78.4 cm³/mol. The standard InChI is InChI=1S/C15H11F2N3O3/c16-15(17)19-11-6-2-1-5-10(11)18-14(19)9-23-13-8-4-3-7-12(13)20(21)22/h1-8,15H,9H2. The van der Waals surface area contributed by atoms with Gasteiger partial charge in [-0.15, -0.1) is 0 Å². The molecule has 2 aromatic carbocycles. The summed E-state index contributed by atoms with van der Waals surface area (Å²) in [6, 6.07) is 12.2. The highest BCUT2D eigenvalue weighted by molar-refractivity contribution is 5.75. The van der Waals surface area contributed by atoms with E-state index in [-0.39, 0.29) is 29.4 Å². The number of halogens is 2. The van der Waals surface area contributed by atoms with E-state index in [1.165, 1.54) is 24.3 Å². The average molecular weight is 319 g/mol. The molecule has 0 spiro atoms. The molecule has 1 aromatic heterocycles. The van der Waals surface area contributed by atoms with Crippen molar-refractivity contribution < 1.29 is 18.4 Å². The Morgan fingerprint density at radius 3 is 2.61 bits per heavy atom. The van der Waals surface area contributed by atoms with Gasteiger partial charge in [0.05, 0.1) is 16.0 Å². The van der Waals surface area contributed by atoms with Crippen LogP contribution in [0.2, 0.25) is 0 Å². The Kier molecular flexibility index (Phi) is 3.88. The third-order valence-corrected chi connectivity index (χ3v) is 3.28. The highest BCUT2D eigenvalue weighted by Gasteiger charge is 2.19. The van der Waals surface area contributed by atoms with Crippen molar-refractivity contribution in [1.82, 2.24) is 9.55 Å². The number of hydrogen-bond donors (Lipinski definition) is 0. The van der Waals surface area contributed by atoms with Crippen molar-refractivity contribution in [1.29, 1.82) is 0 Å². The van der Waals surface area contributed by atoms with Gasteiger partial charge in [0.2, 0.25) is 0 Å². The highest BCUT2D eigenvalue weighted by atomic mass is 19.3. The monoisotopic (exact) mass is 319 g/mol. The summed E-state index contributed by atoms with van der Waals surface area (Å²) in [7, 11) is 0. The molecule has 0 saturated heterocycles. The third-order valence-electron chi connectivity index (χ3n) is 3.28. The molecule has 0 radical (unpaired) electrons. The van der Waals surface area contributed by atoms with Gasteiger partial charge in [0.25, 0.3) is 0 Å². The average Bonchev–Trinajstić information content (AvgIpc) is 2.91. The number of rotatable bonds is 5. The molecule has 6 nitrogen and oxygen atoms in total. The van der Waals surface area contributed by atoms with Crippen molar-refractivity contribution in [2.75, 3.05) is 0 Å². The molecule has 8 heteroatoms. The number of fused-ring (bicyclic) bond motifs is 1. The van der Waals surface area contributed by atoms with E-state index in [1.54, 1.807) is 24.3 Å². The van der Waals surface area contributed by atoms with Crippen molar-refractivity contribution in [3.63, 3.8) is 0 Å².